The van der Waals surface area contributed by atoms with Crippen LogP contribution in [0.15, 0.2) is 36.7 Å². The van der Waals surface area contributed by atoms with Crippen molar-refractivity contribution in [3.8, 4) is 11.5 Å². The summed E-state index contributed by atoms with van der Waals surface area (Å²) in [6.07, 6.45) is 8.68. The molecule has 1 unspecified atom stereocenters. The maximum absolute atomic E-state index is 5.57. The smallest absolute Gasteiger partial charge is 0.161 e. The summed E-state index contributed by atoms with van der Waals surface area (Å²) in [5.41, 5.74) is 1.59. The Bertz CT molecular complexity index is 731. The van der Waals surface area contributed by atoms with E-state index in [2.05, 4.69) is 46.1 Å². The Labute approximate surface area is 149 Å². The quantitative estimate of drug-likeness (QED) is 0.856. The van der Waals surface area contributed by atoms with E-state index in [-0.39, 0.29) is 5.41 Å². The first-order valence-corrected chi connectivity index (χ1v) is 9.10. The number of rotatable bonds is 4. The number of likely N-dealkylation sites (tertiary alicyclic amines) is 1. The number of aromatic nitrogens is 2. The van der Waals surface area contributed by atoms with E-state index >= 15 is 0 Å². The van der Waals surface area contributed by atoms with Crippen LogP contribution in [0.4, 0.5) is 0 Å². The fourth-order valence-corrected chi connectivity index (χ4v) is 4.98. The minimum Gasteiger partial charge on any atom is -0.493 e. The lowest BCUT2D eigenvalue weighted by Gasteiger charge is -2.44. The van der Waals surface area contributed by atoms with E-state index in [0.717, 1.165) is 24.5 Å². The second-order valence-corrected chi connectivity index (χ2v) is 7.39. The molecule has 0 N–H and O–H groups in total. The first-order chi connectivity index (χ1) is 12.2. The molecule has 1 saturated heterocycles. The summed E-state index contributed by atoms with van der Waals surface area (Å²) < 4.78 is 13.1. The monoisotopic (exact) mass is 341 g/mol. The molecule has 2 fully saturated rings. The Balaban J connectivity index is 1.68. The molecule has 3 atom stereocenters. The van der Waals surface area contributed by atoms with E-state index in [1.807, 2.05) is 12.3 Å². The van der Waals surface area contributed by atoms with Gasteiger partial charge in [0.25, 0.3) is 0 Å². The molecular weight excluding hydrogens is 314 g/mol. The lowest BCUT2D eigenvalue weighted by molar-refractivity contribution is 0.138. The molecule has 2 heterocycles. The van der Waals surface area contributed by atoms with Gasteiger partial charge in [-0.05, 0) is 63.0 Å². The van der Waals surface area contributed by atoms with Gasteiger partial charge in [0.1, 0.15) is 0 Å². The van der Waals surface area contributed by atoms with Crippen molar-refractivity contribution < 1.29 is 9.47 Å². The predicted octanol–water partition coefficient (Wildman–Crippen LogP) is 3.27. The summed E-state index contributed by atoms with van der Waals surface area (Å²) in [5, 5.41) is 4.49. The number of likely N-dealkylation sites (N-methyl/N-ethyl adjacent to an activating group) is 1. The molecule has 134 valence electrons. The Morgan fingerprint density at radius 1 is 1.16 bits per heavy atom. The third kappa shape index (κ3) is 2.61. The Kier molecular flexibility index (Phi) is 4.20. The molecule has 1 saturated carbocycles. The molecule has 0 radical (unpaired) electrons. The van der Waals surface area contributed by atoms with Gasteiger partial charge in [0, 0.05) is 23.9 Å². The molecule has 0 amide bonds. The fraction of sp³-hybridized carbons (Fsp3) is 0.550. The first kappa shape index (κ1) is 16.5. The van der Waals surface area contributed by atoms with E-state index < -0.39 is 0 Å². The molecule has 0 bridgehead atoms. The second kappa shape index (κ2) is 6.37. The molecule has 1 aliphatic carbocycles. The van der Waals surface area contributed by atoms with Gasteiger partial charge in [-0.25, -0.2) is 0 Å². The van der Waals surface area contributed by atoms with Gasteiger partial charge < -0.3 is 14.4 Å². The minimum atomic E-state index is 0.206. The van der Waals surface area contributed by atoms with Crippen LogP contribution in [-0.4, -0.2) is 48.5 Å². The van der Waals surface area contributed by atoms with E-state index in [9.17, 15) is 0 Å². The zero-order valence-corrected chi connectivity index (χ0v) is 15.3. The molecule has 1 aromatic heterocycles. The predicted molar refractivity (Wildman–Crippen MR) is 97.4 cm³/mol. The molecule has 2 aromatic rings. The largest absolute Gasteiger partial charge is 0.493 e. The number of nitrogens with zero attached hydrogens (tertiary/aromatic N) is 3. The number of methoxy groups -OCH3 is 2. The summed E-state index contributed by atoms with van der Waals surface area (Å²) in [7, 11) is 5.67. The Morgan fingerprint density at radius 3 is 2.72 bits per heavy atom. The minimum absolute atomic E-state index is 0.206. The summed E-state index contributed by atoms with van der Waals surface area (Å²) >= 11 is 0. The average Bonchev–Trinajstić information content (AvgIpc) is 3.30. The van der Waals surface area contributed by atoms with Crippen LogP contribution in [-0.2, 0) is 5.41 Å². The van der Waals surface area contributed by atoms with Gasteiger partial charge >= 0.3 is 0 Å². The highest BCUT2D eigenvalue weighted by Gasteiger charge is 2.50. The molecule has 5 heteroatoms. The highest BCUT2D eigenvalue weighted by Crippen LogP contribution is 2.51. The third-order valence-electron chi connectivity index (χ3n) is 6.36. The van der Waals surface area contributed by atoms with Crippen molar-refractivity contribution in [2.75, 3.05) is 27.8 Å². The summed E-state index contributed by atoms with van der Waals surface area (Å²) in [6, 6.07) is 9.54. The Hall–Kier alpha value is -2.01. The highest BCUT2D eigenvalue weighted by molar-refractivity contribution is 5.46. The van der Waals surface area contributed by atoms with Crippen LogP contribution in [0.5, 0.6) is 11.5 Å². The lowest BCUT2D eigenvalue weighted by atomic mass is 9.65. The average molecular weight is 341 g/mol. The van der Waals surface area contributed by atoms with Gasteiger partial charge in [0.2, 0.25) is 0 Å². The molecule has 4 rings (SSSR count). The zero-order chi connectivity index (χ0) is 17.4. The third-order valence-corrected chi connectivity index (χ3v) is 6.36. The van der Waals surface area contributed by atoms with E-state index in [1.165, 1.54) is 24.8 Å². The van der Waals surface area contributed by atoms with E-state index in [4.69, 9.17) is 9.47 Å². The van der Waals surface area contributed by atoms with Crippen LogP contribution in [0.25, 0.3) is 0 Å². The normalized spacial score (nSPS) is 29.4. The second-order valence-electron chi connectivity index (χ2n) is 7.39. The molecule has 1 aromatic carbocycles. The summed E-state index contributed by atoms with van der Waals surface area (Å²) in [5.74, 6) is 1.63. The summed E-state index contributed by atoms with van der Waals surface area (Å²) in [4.78, 5) is 2.53. The van der Waals surface area contributed by atoms with Crippen LogP contribution in [0.1, 0.15) is 37.3 Å². The summed E-state index contributed by atoms with van der Waals surface area (Å²) in [6.45, 7) is 1.14. The molecule has 5 nitrogen and oxygen atoms in total. The number of ether oxygens (including phenoxy) is 2. The number of hydrogen-bond acceptors (Lipinski definition) is 4. The number of benzene rings is 1. The zero-order valence-electron chi connectivity index (χ0n) is 15.3. The standard InChI is InChI=1S/C20H27N3O2/c1-22-12-9-20(15-5-6-17(24-2)18(13-15)25-3)8-7-16(14-19(20)22)23-11-4-10-21-23/h4-6,10-11,13,16,19H,7-9,12,14H2,1-3H3/t16?,19-,20-/m0/s1. The fourth-order valence-electron chi connectivity index (χ4n) is 4.98. The van der Waals surface area contributed by atoms with Crippen molar-refractivity contribution >= 4 is 0 Å². The Morgan fingerprint density at radius 2 is 2.00 bits per heavy atom. The molecular formula is C20H27N3O2. The molecule has 0 spiro atoms. The van der Waals surface area contributed by atoms with Gasteiger partial charge in [0.15, 0.2) is 11.5 Å². The van der Waals surface area contributed by atoms with Crippen LogP contribution in [0.3, 0.4) is 0 Å². The van der Waals surface area contributed by atoms with Crippen molar-refractivity contribution in [1.82, 2.24) is 14.7 Å². The first-order valence-electron chi connectivity index (χ1n) is 9.10. The maximum Gasteiger partial charge on any atom is 0.161 e. The SMILES string of the molecule is COc1ccc([C@@]23CCC(n4cccn4)C[C@@H]2N(C)CC3)cc1OC. The molecule has 2 aliphatic rings. The van der Waals surface area contributed by atoms with Crippen LogP contribution in [0, 0.1) is 0 Å². The van der Waals surface area contributed by atoms with Crippen LogP contribution >= 0.6 is 0 Å². The van der Waals surface area contributed by atoms with Gasteiger partial charge in [-0.2, -0.15) is 5.10 Å². The van der Waals surface area contributed by atoms with Crippen molar-refractivity contribution in [1.29, 1.82) is 0 Å². The van der Waals surface area contributed by atoms with Gasteiger partial charge in [-0.1, -0.05) is 6.07 Å². The van der Waals surface area contributed by atoms with Gasteiger partial charge in [-0.3, -0.25) is 4.68 Å². The van der Waals surface area contributed by atoms with Crippen molar-refractivity contribution in [3.05, 3.63) is 42.2 Å². The van der Waals surface area contributed by atoms with E-state index in [1.54, 1.807) is 14.2 Å². The number of hydrogen-bond donors (Lipinski definition) is 0. The molecule has 1 aliphatic heterocycles. The topological polar surface area (TPSA) is 39.5 Å². The van der Waals surface area contributed by atoms with Crippen LogP contribution in [0.2, 0.25) is 0 Å². The van der Waals surface area contributed by atoms with Crippen LogP contribution < -0.4 is 9.47 Å². The van der Waals surface area contributed by atoms with Crippen molar-refractivity contribution in [3.63, 3.8) is 0 Å². The molecule has 25 heavy (non-hydrogen) atoms. The van der Waals surface area contributed by atoms with Gasteiger partial charge in [-0.15, -0.1) is 0 Å². The van der Waals surface area contributed by atoms with Crippen molar-refractivity contribution in [2.45, 2.75) is 43.2 Å². The lowest BCUT2D eigenvalue weighted by Crippen LogP contribution is -2.46. The van der Waals surface area contributed by atoms with E-state index in [0.29, 0.717) is 12.1 Å². The maximum atomic E-state index is 5.57. The van der Waals surface area contributed by atoms with Crippen molar-refractivity contribution in [2.24, 2.45) is 0 Å². The highest BCUT2D eigenvalue weighted by atomic mass is 16.5. The number of fused-ring (bicyclic) bond motifs is 1. The van der Waals surface area contributed by atoms with Gasteiger partial charge in [0.05, 0.1) is 20.3 Å².